The molecule has 2 aromatic rings. The molecule has 2 aromatic heterocycles. The van der Waals surface area contributed by atoms with Crippen LogP contribution in [0.1, 0.15) is 74.2 Å². The van der Waals surface area contributed by atoms with Crippen molar-refractivity contribution in [2.24, 2.45) is 14.1 Å². The number of imidazole rings is 1. The van der Waals surface area contributed by atoms with Crippen LogP contribution in [0.3, 0.4) is 0 Å². The second-order valence-electron chi connectivity index (χ2n) is 4.98. The third-order valence-corrected chi connectivity index (χ3v) is 2.57. The zero-order chi connectivity index (χ0) is 16.6. The summed E-state index contributed by atoms with van der Waals surface area (Å²) in [4.78, 5) is 12.6. The van der Waals surface area contributed by atoms with E-state index in [0.29, 0.717) is 5.92 Å². The first kappa shape index (κ1) is 26.0. The van der Waals surface area contributed by atoms with Crippen LogP contribution in [-0.4, -0.2) is 29.3 Å². The molecular weight excluding hydrogens is 292 g/mol. The van der Waals surface area contributed by atoms with Crippen LogP contribution in [0, 0.1) is 0 Å². The molecule has 0 aliphatic heterocycles. The van der Waals surface area contributed by atoms with Gasteiger partial charge >= 0.3 is 5.69 Å². The number of aryl methyl sites for hydroxylation is 2. The van der Waals surface area contributed by atoms with Gasteiger partial charge in [-0.1, -0.05) is 42.5 Å². The largest absolute Gasteiger partial charge is 0.328 e. The van der Waals surface area contributed by atoms with E-state index < -0.39 is 0 Å². The van der Waals surface area contributed by atoms with E-state index in [9.17, 15) is 4.79 Å². The highest BCUT2D eigenvalue weighted by molar-refractivity contribution is 4.84. The van der Waals surface area contributed by atoms with Gasteiger partial charge in [-0.05, 0) is 19.1 Å². The molecular formula is C16H36N6O. The van der Waals surface area contributed by atoms with Crippen molar-refractivity contribution in [2.45, 2.75) is 68.4 Å². The highest BCUT2D eigenvalue weighted by atomic mass is 16.1. The number of aromatic nitrogens is 6. The molecule has 136 valence electrons. The van der Waals surface area contributed by atoms with Crippen LogP contribution in [0.25, 0.3) is 0 Å². The molecule has 0 aromatic carbocycles. The second-order valence-corrected chi connectivity index (χ2v) is 4.98. The van der Waals surface area contributed by atoms with Gasteiger partial charge in [-0.25, -0.2) is 4.79 Å². The molecule has 0 unspecified atom stereocenters. The normalized spacial score (nSPS) is 9.13. The Kier molecular flexibility index (Phi) is 14.3. The second kappa shape index (κ2) is 12.6. The van der Waals surface area contributed by atoms with Crippen molar-refractivity contribution in [2.75, 3.05) is 0 Å². The highest BCUT2D eigenvalue weighted by Crippen LogP contribution is 2.04. The van der Waals surface area contributed by atoms with Gasteiger partial charge in [-0.2, -0.15) is 4.80 Å². The first-order chi connectivity index (χ1) is 9.82. The Morgan fingerprint density at radius 3 is 1.70 bits per heavy atom. The van der Waals surface area contributed by atoms with Crippen LogP contribution in [0.2, 0.25) is 0 Å². The Morgan fingerprint density at radius 2 is 1.52 bits per heavy atom. The number of rotatable bonds is 2. The van der Waals surface area contributed by atoms with Crippen molar-refractivity contribution in [1.82, 2.24) is 29.3 Å². The predicted molar refractivity (Wildman–Crippen MR) is 97.8 cm³/mol. The summed E-state index contributed by atoms with van der Waals surface area (Å²) >= 11 is 0. The molecule has 0 saturated heterocycles. The molecule has 0 saturated carbocycles. The molecule has 7 heteroatoms. The lowest BCUT2D eigenvalue weighted by Gasteiger charge is -2.02. The highest BCUT2D eigenvalue weighted by Gasteiger charge is 2.03. The molecule has 7 nitrogen and oxygen atoms in total. The molecule has 0 spiro atoms. The van der Waals surface area contributed by atoms with Crippen molar-refractivity contribution in [3.05, 3.63) is 28.7 Å². The maximum atomic E-state index is 11.1. The summed E-state index contributed by atoms with van der Waals surface area (Å²) in [7, 11) is 3.51. The Hall–Kier alpha value is -1.92. The molecule has 0 amide bonds. The average molecular weight is 329 g/mol. The number of tetrazole rings is 1. The van der Waals surface area contributed by atoms with Gasteiger partial charge in [0.1, 0.15) is 0 Å². The van der Waals surface area contributed by atoms with Crippen LogP contribution < -0.4 is 5.69 Å². The van der Waals surface area contributed by atoms with Crippen LogP contribution >= 0.6 is 0 Å². The van der Waals surface area contributed by atoms with Gasteiger partial charge in [-0.15, -0.1) is 10.2 Å². The molecule has 0 atom stereocenters. The van der Waals surface area contributed by atoms with Crippen LogP contribution in [0.4, 0.5) is 0 Å². The quantitative estimate of drug-likeness (QED) is 0.847. The minimum atomic E-state index is 0. The summed E-state index contributed by atoms with van der Waals surface area (Å²) in [5.74, 6) is 1.18. The molecule has 0 fully saturated rings. The first-order valence-electron chi connectivity index (χ1n) is 7.30. The Bertz CT molecular complexity index is 565. The molecule has 0 aliphatic carbocycles. The van der Waals surface area contributed by atoms with Gasteiger partial charge < -0.3 is 4.57 Å². The van der Waals surface area contributed by atoms with E-state index in [4.69, 9.17) is 0 Å². The van der Waals surface area contributed by atoms with Gasteiger partial charge in [0.2, 0.25) is 0 Å². The third-order valence-electron chi connectivity index (χ3n) is 2.57. The molecule has 2 rings (SSSR count). The molecule has 0 radical (unpaired) electrons. The van der Waals surface area contributed by atoms with Gasteiger partial charge in [0, 0.05) is 31.4 Å². The van der Waals surface area contributed by atoms with E-state index in [1.165, 1.54) is 4.80 Å². The van der Waals surface area contributed by atoms with Crippen molar-refractivity contribution < 1.29 is 0 Å². The molecule has 0 N–H and O–H groups in total. The maximum absolute atomic E-state index is 11.1. The summed E-state index contributed by atoms with van der Waals surface area (Å²) in [6.45, 7) is 12.1. The minimum Gasteiger partial charge on any atom is -0.302 e. The predicted octanol–water partition coefficient (Wildman–Crippen LogP) is 3.40. The van der Waals surface area contributed by atoms with Crippen molar-refractivity contribution in [3.8, 4) is 0 Å². The topological polar surface area (TPSA) is 70.5 Å². The summed E-state index contributed by atoms with van der Waals surface area (Å²) in [5, 5.41) is 11.5. The van der Waals surface area contributed by atoms with Crippen LogP contribution in [0.5, 0.6) is 0 Å². The van der Waals surface area contributed by atoms with Gasteiger partial charge in [0.05, 0.1) is 7.05 Å². The third kappa shape index (κ3) is 8.32. The van der Waals surface area contributed by atoms with E-state index in [-0.39, 0.29) is 26.6 Å². The van der Waals surface area contributed by atoms with Gasteiger partial charge in [0.15, 0.2) is 5.82 Å². The Morgan fingerprint density at radius 1 is 1.00 bits per heavy atom. The molecule has 23 heavy (non-hydrogen) atoms. The zero-order valence-electron chi connectivity index (χ0n) is 14.4. The first-order valence-corrected chi connectivity index (χ1v) is 7.30. The fourth-order valence-corrected chi connectivity index (χ4v) is 1.40. The Labute approximate surface area is 141 Å². The molecule has 0 aliphatic rings. The maximum Gasteiger partial charge on any atom is 0.328 e. The SMILES string of the molecule is C.C.CC.CC(C)c1nnn(C)n1.CC(C)n1ccn(C)c1=O. The fraction of sp³-hybridized carbons (Fsp3) is 0.750. The van der Waals surface area contributed by atoms with Crippen molar-refractivity contribution in [1.29, 1.82) is 0 Å². The lowest BCUT2D eigenvalue weighted by molar-refractivity contribution is 0.567. The number of hydrogen-bond acceptors (Lipinski definition) is 4. The van der Waals surface area contributed by atoms with Crippen LogP contribution in [-0.2, 0) is 14.1 Å². The number of hydrogen-bond donors (Lipinski definition) is 0. The standard InChI is InChI=1S/C7H12N2O.C5H10N4.C2H6.2CH4/c1-6(2)9-5-4-8(3)7(9)10;1-4(2)5-6-8-9(3)7-5;1-2;;/h4-6H,1-3H3;4H,1-3H3;1-2H3;2*1H4. The number of nitrogens with zero attached hydrogens (tertiary/aromatic N) is 6. The summed E-state index contributed by atoms with van der Waals surface area (Å²) in [5.41, 5.74) is 0.0509. The smallest absolute Gasteiger partial charge is 0.302 e. The van der Waals surface area contributed by atoms with Crippen molar-refractivity contribution >= 4 is 0 Å². The molecule has 2 heterocycles. The van der Waals surface area contributed by atoms with Crippen molar-refractivity contribution in [3.63, 3.8) is 0 Å². The van der Waals surface area contributed by atoms with E-state index in [1.54, 1.807) is 35.6 Å². The van der Waals surface area contributed by atoms with E-state index in [0.717, 1.165) is 5.82 Å². The average Bonchev–Trinajstić information content (AvgIpc) is 3.01. The van der Waals surface area contributed by atoms with Crippen LogP contribution in [0.15, 0.2) is 17.2 Å². The Balaban J connectivity index is -0.000000292. The zero-order valence-corrected chi connectivity index (χ0v) is 14.4. The monoisotopic (exact) mass is 328 g/mol. The summed E-state index contributed by atoms with van der Waals surface area (Å²) < 4.78 is 3.26. The minimum absolute atomic E-state index is 0. The van der Waals surface area contributed by atoms with Gasteiger partial charge in [0.25, 0.3) is 0 Å². The van der Waals surface area contributed by atoms with E-state index in [1.807, 2.05) is 41.5 Å². The lowest BCUT2D eigenvalue weighted by Crippen LogP contribution is -2.23. The lowest BCUT2D eigenvalue weighted by atomic mass is 10.2. The summed E-state index contributed by atoms with van der Waals surface area (Å²) in [6, 6.07) is 0.258. The summed E-state index contributed by atoms with van der Waals surface area (Å²) in [6.07, 6.45) is 3.56. The van der Waals surface area contributed by atoms with E-state index >= 15 is 0 Å². The van der Waals surface area contributed by atoms with Gasteiger partial charge in [-0.3, -0.25) is 4.57 Å². The fourth-order valence-electron chi connectivity index (χ4n) is 1.40. The van der Waals surface area contributed by atoms with E-state index in [2.05, 4.69) is 15.4 Å². The molecule has 0 bridgehead atoms.